The van der Waals surface area contributed by atoms with Crippen LogP contribution in [0, 0.1) is 10.1 Å². The first kappa shape index (κ1) is 18.6. The highest BCUT2D eigenvalue weighted by atomic mass is 16.6. The molecule has 0 atom stereocenters. The van der Waals surface area contributed by atoms with Crippen LogP contribution in [0.2, 0.25) is 0 Å². The van der Waals surface area contributed by atoms with Crippen LogP contribution in [0.25, 0.3) is 0 Å². The summed E-state index contributed by atoms with van der Waals surface area (Å²) in [7, 11) is 0. The van der Waals surface area contributed by atoms with Crippen molar-refractivity contribution in [2.75, 3.05) is 37.7 Å². The standard InChI is InChI=1S/C19H22N4O4/c1-2-27-17-6-3-15(4-7-17)13-19(24)22-11-9-21(10-12-22)18-8-5-16(14-20-18)23(25)26/h3-8,14H,2,9-13H2,1H3. The van der Waals surface area contributed by atoms with Crippen molar-refractivity contribution in [3.05, 3.63) is 58.3 Å². The summed E-state index contributed by atoms with van der Waals surface area (Å²) >= 11 is 0. The van der Waals surface area contributed by atoms with Crippen LogP contribution in [0.1, 0.15) is 12.5 Å². The molecule has 0 radical (unpaired) electrons. The van der Waals surface area contributed by atoms with Crippen LogP contribution in [0.3, 0.4) is 0 Å². The zero-order valence-electron chi connectivity index (χ0n) is 15.2. The van der Waals surface area contributed by atoms with Gasteiger partial charge in [-0.3, -0.25) is 14.9 Å². The van der Waals surface area contributed by atoms with E-state index in [1.807, 2.05) is 41.0 Å². The third-order valence-corrected chi connectivity index (χ3v) is 4.49. The quantitative estimate of drug-likeness (QED) is 0.572. The average Bonchev–Trinajstić information content (AvgIpc) is 2.70. The molecule has 0 bridgehead atoms. The van der Waals surface area contributed by atoms with Gasteiger partial charge in [0.2, 0.25) is 5.91 Å². The number of nitrogens with zero attached hydrogens (tertiary/aromatic N) is 4. The van der Waals surface area contributed by atoms with Gasteiger partial charge >= 0.3 is 0 Å². The molecule has 0 spiro atoms. The van der Waals surface area contributed by atoms with Crippen LogP contribution in [0.15, 0.2) is 42.6 Å². The Bertz CT molecular complexity index is 784. The summed E-state index contributed by atoms with van der Waals surface area (Å²) in [6.07, 6.45) is 1.63. The van der Waals surface area contributed by atoms with E-state index in [0.29, 0.717) is 45.0 Å². The normalized spacial score (nSPS) is 14.1. The van der Waals surface area contributed by atoms with Gasteiger partial charge in [-0.05, 0) is 30.7 Å². The first-order chi connectivity index (χ1) is 13.1. The molecule has 8 heteroatoms. The number of pyridine rings is 1. The molecule has 2 aromatic rings. The summed E-state index contributed by atoms with van der Waals surface area (Å²) in [4.78, 5) is 30.8. The van der Waals surface area contributed by atoms with Gasteiger partial charge in [0, 0.05) is 32.2 Å². The SMILES string of the molecule is CCOc1ccc(CC(=O)N2CCN(c3ccc([N+](=O)[O-])cn3)CC2)cc1. The Balaban J connectivity index is 1.52. The summed E-state index contributed by atoms with van der Waals surface area (Å²) in [5.41, 5.74) is 0.936. The third-order valence-electron chi connectivity index (χ3n) is 4.49. The molecule has 0 saturated carbocycles. The summed E-state index contributed by atoms with van der Waals surface area (Å²) in [6, 6.07) is 10.7. The molecule has 8 nitrogen and oxygen atoms in total. The van der Waals surface area contributed by atoms with E-state index in [1.54, 1.807) is 6.07 Å². The van der Waals surface area contributed by atoms with Crippen LogP contribution in [-0.4, -0.2) is 53.5 Å². The number of hydrogen-bond donors (Lipinski definition) is 0. The number of rotatable bonds is 6. The number of nitro groups is 1. The molecule has 27 heavy (non-hydrogen) atoms. The zero-order chi connectivity index (χ0) is 19.2. The first-order valence-corrected chi connectivity index (χ1v) is 8.91. The average molecular weight is 370 g/mol. The molecule has 0 aliphatic carbocycles. The number of carbonyl (C=O) groups is 1. The van der Waals surface area contributed by atoms with Crippen molar-refractivity contribution < 1.29 is 14.5 Å². The van der Waals surface area contributed by atoms with Gasteiger partial charge in [0.1, 0.15) is 17.8 Å². The maximum atomic E-state index is 12.5. The number of carbonyl (C=O) groups excluding carboxylic acids is 1. The van der Waals surface area contributed by atoms with Crippen molar-refractivity contribution in [1.29, 1.82) is 0 Å². The molecule has 142 valence electrons. The Kier molecular flexibility index (Phi) is 5.85. The van der Waals surface area contributed by atoms with Gasteiger partial charge < -0.3 is 14.5 Å². The van der Waals surface area contributed by atoms with Crippen molar-refractivity contribution in [3.63, 3.8) is 0 Å². The van der Waals surface area contributed by atoms with Crippen LogP contribution in [0.5, 0.6) is 5.75 Å². The summed E-state index contributed by atoms with van der Waals surface area (Å²) in [6.45, 7) is 5.07. The number of piperazine rings is 1. The molecule has 0 N–H and O–H groups in total. The maximum Gasteiger partial charge on any atom is 0.287 e. The summed E-state index contributed by atoms with van der Waals surface area (Å²) < 4.78 is 5.41. The number of hydrogen-bond acceptors (Lipinski definition) is 6. The summed E-state index contributed by atoms with van der Waals surface area (Å²) in [5, 5.41) is 10.7. The van der Waals surface area contributed by atoms with E-state index < -0.39 is 4.92 Å². The largest absolute Gasteiger partial charge is 0.494 e. The van der Waals surface area contributed by atoms with E-state index in [1.165, 1.54) is 12.3 Å². The molecular weight excluding hydrogens is 348 g/mol. The first-order valence-electron chi connectivity index (χ1n) is 8.91. The van der Waals surface area contributed by atoms with E-state index in [4.69, 9.17) is 4.74 Å². The lowest BCUT2D eigenvalue weighted by Gasteiger charge is -2.35. The monoisotopic (exact) mass is 370 g/mol. The Morgan fingerprint density at radius 2 is 1.85 bits per heavy atom. The fourth-order valence-electron chi connectivity index (χ4n) is 3.01. The highest BCUT2D eigenvalue weighted by molar-refractivity contribution is 5.79. The van der Waals surface area contributed by atoms with E-state index in [-0.39, 0.29) is 11.6 Å². The smallest absolute Gasteiger partial charge is 0.287 e. The predicted octanol–water partition coefficient (Wildman–Crippen LogP) is 2.28. The summed E-state index contributed by atoms with van der Waals surface area (Å²) in [5.74, 6) is 1.59. The van der Waals surface area contributed by atoms with Crippen molar-refractivity contribution in [2.45, 2.75) is 13.3 Å². The van der Waals surface area contributed by atoms with E-state index in [9.17, 15) is 14.9 Å². The molecule has 2 heterocycles. The minimum Gasteiger partial charge on any atom is -0.494 e. The topological polar surface area (TPSA) is 88.8 Å². The molecule has 0 unspecified atom stereocenters. The molecule has 1 fully saturated rings. The minimum atomic E-state index is -0.464. The minimum absolute atomic E-state index is 0.0251. The molecule has 1 aliphatic rings. The number of anilines is 1. The Morgan fingerprint density at radius 3 is 2.41 bits per heavy atom. The van der Waals surface area contributed by atoms with Gasteiger partial charge in [0.15, 0.2) is 0 Å². The van der Waals surface area contributed by atoms with Crippen molar-refractivity contribution >= 4 is 17.4 Å². The fraction of sp³-hybridized carbons (Fsp3) is 0.368. The molecule has 1 aliphatic heterocycles. The predicted molar refractivity (Wildman–Crippen MR) is 101 cm³/mol. The van der Waals surface area contributed by atoms with Gasteiger partial charge in [-0.25, -0.2) is 4.98 Å². The Hall–Kier alpha value is -3.16. The van der Waals surface area contributed by atoms with Gasteiger partial charge in [-0.2, -0.15) is 0 Å². The lowest BCUT2D eigenvalue weighted by molar-refractivity contribution is -0.385. The number of aromatic nitrogens is 1. The van der Waals surface area contributed by atoms with Crippen LogP contribution < -0.4 is 9.64 Å². The second kappa shape index (κ2) is 8.48. The van der Waals surface area contributed by atoms with E-state index in [0.717, 1.165) is 11.3 Å². The second-order valence-corrected chi connectivity index (χ2v) is 6.25. The molecular formula is C19H22N4O4. The van der Waals surface area contributed by atoms with Crippen LogP contribution in [0.4, 0.5) is 11.5 Å². The maximum absolute atomic E-state index is 12.5. The number of ether oxygens (including phenoxy) is 1. The van der Waals surface area contributed by atoms with Crippen molar-refractivity contribution in [2.24, 2.45) is 0 Å². The van der Waals surface area contributed by atoms with Crippen LogP contribution >= 0.6 is 0 Å². The van der Waals surface area contributed by atoms with Gasteiger partial charge in [0.05, 0.1) is 18.0 Å². The molecule has 1 aromatic carbocycles. The zero-order valence-corrected chi connectivity index (χ0v) is 15.2. The van der Waals surface area contributed by atoms with Gasteiger partial charge in [-0.15, -0.1) is 0 Å². The lowest BCUT2D eigenvalue weighted by Crippen LogP contribution is -2.49. The fourth-order valence-corrected chi connectivity index (χ4v) is 3.01. The second-order valence-electron chi connectivity index (χ2n) is 6.25. The van der Waals surface area contributed by atoms with Crippen molar-refractivity contribution in [1.82, 2.24) is 9.88 Å². The molecule has 1 aromatic heterocycles. The van der Waals surface area contributed by atoms with Gasteiger partial charge in [0.25, 0.3) is 5.69 Å². The number of amides is 1. The Morgan fingerprint density at radius 1 is 1.15 bits per heavy atom. The molecule has 3 rings (SSSR count). The lowest BCUT2D eigenvalue weighted by atomic mass is 10.1. The number of benzene rings is 1. The molecule has 1 saturated heterocycles. The highest BCUT2D eigenvalue weighted by Gasteiger charge is 2.22. The van der Waals surface area contributed by atoms with Crippen molar-refractivity contribution in [3.8, 4) is 5.75 Å². The highest BCUT2D eigenvalue weighted by Crippen LogP contribution is 2.18. The van der Waals surface area contributed by atoms with Gasteiger partial charge in [-0.1, -0.05) is 12.1 Å². The van der Waals surface area contributed by atoms with E-state index in [2.05, 4.69) is 4.98 Å². The van der Waals surface area contributed by atoms with E-state index >= 15 is 0 Å². The molecule has 1 amide bonds. The third kappa shape index (κ3) is 4.72. The van der Waals surface area contributed by atoms with Crippen LogP contribution in [-0.2, 0) is 11.2 Å². The Labute approximate surface area is 157 Å².